The lowest BCUT2D eigenvalue weighted by molar-refractivity contribution is -0.137. The smallest absolute Gasteiger partial charge is 0.417 e. The number of benzene rings is 1. The van der Waals surface area contributed by atoms with Gasteiger partial charge in [-0.3, -0.25) is 4.79 Å². The summed E-state index contributed by atoms with van der Waals surface area (Å²) in [4.78, 5) is 18.1. The summed E-state index contributed by atoms with van der Waals surface area (Å²) in [6.45, 7) is 2.60. The highest BCUT2D eigenvalue weighted by molar-refractivity contribution is 5.94. The molecule has 1 aliphatic heterocycles. The number of nitrogens with two attached hydrogens (primary N) is 1. The Morgan fingerprint density at radius 1 is 1.22 bits per heavy atom. The number of halogens is 3. The summed E-state index contributed by atoms with van der Waals surface area (Å²) in [6.07, 6.45) is -2.18. The number of aromatic nitrogens is 1. The molecule has 2 unspecified atom stereocenters. The number of alkyl halides is 3. The second-order valence-corrected chi connectivity index (χ2v) is 6.64. The van der Waals surface area contributed by atoms with Crippen LogP contribution in [0.1, 0.15) is 35.7 Å². The lowest BCUT2D eigenvalue weighted by atomic mass is 9.98. The second-order valence-electron chi connectivity index (χ2n) is 6.64. The lowest BCUT2D eigenvalue weighted by Crippen LogP contribution is -2.48. The molecule has 1 aliphatic rings. The molecule has 144 valence electrons. The number of carbonyl (C=O) groups excluding carboxylic acids is 1. The molecule has 1 fully saturated rings. The van der Waals surface area contributed by atoms with Gasteiger partial charge in [0.15, 0.2) is 0 Å². The highest BCUT2D eigenvalue weighted by atomic mass is 19.4. The SMILES string of the molecule is CC1CC(N)CCN1C(=O)c1ccc(Oc2ccc(C(F)(F)F)cn2)cc1. The first-order valence-corrected chi connectivity index (χ1v) is 8.62. The molecule has 0 spiro atoms. The van der Waals surface area contributed by atoms with Crippen LogP contribution in [0.4, 0.5) is 13.2 Å². The van der Waals surface area contributed by atoms with E-state index < -0.39 is 11.7 Å². The molecule has 3 rings (SSSR count). The van der Waals surface area contributed by atoms with E-state index in [-0.39, 0.29) is 23.9 Å². The molecule has 2 heterocycles. The van der Waals surface area contributed by atoms with Gasteiger partial charge in [-0.1, -0.05) is 0 Å². The van der Waals surface area contributed by atoms with Gasteiger partial charge < -0.3 is 15.4 Å². The van der Waals surface area contributed by atoms with Crippen LogP contribution in [0, 0.1) is 0 Å². The van der Waals surface area contributed by atoms with Crippen molar-refractivity contribution in [1.29, 1.82) is 0 Å². The standard InChI is InChI=1S/C19H20F3N3O2/c1-12-10-15(23)8-9-25(12)18(26)13-2-5-16(6-3-13)27-17-7-4-14(11-24-17)19(20,21)22/h2-7,11-12,15H,8-10,23H2,1H3. The molecule has 0 radical (unpaired) electrons. The van der Waals surface area contributed by atoms with E-state index in [1.165, 1.54) is 0 Å². The molecule has 1 saturated heterocycles. The zero-order valence-corrected chi connectivity index (χ0v) is 14.7. The van der Waals surface area contributed by atoms with Crippen molar-refractivity contribution in [2.45, 2.75) is 38.0 Å². The van der Waals surface area contributed by atoms with Crippen LogP contribution in [0.3, 0.4) is 0 Å². The number of rotatable bonds is 3. The molecule has 27 heavy (non-hydrogen) atoms. The normalized spacial score (nSPS) is 20.4. The molecule has 2 N–H and O–H groups in total. The first kappa shape index (κ1) is 19.2. The summed E-state index contributed by atoms with van der Waals surface area (Å²) >= 11 is 0. The average molecular weight is 379 g/mol. The Morgan fingerprint density at radius 2 is 1.93 bits per heavy atom. The van der Waals surface area contributed by atoms with Crippen molar-refractivity contribution in [3.05, 3.63) is 53.7 Å². The second kappa shape index (κ2) is 7.56. The van der Waals surface area contributed by atoms with Gasteiger partial charge in [0.1, 0.15) is 5.75 Å². The van der Waals surface area contributed by atoms with Crippen molar-refractivity contribution in [3.8, 4) is 11.6 Å². The van der Waals surface area contributed by atoms with Gasteiger partial charge in [0.2, 0.25) is 5.88 Å². The van der Waals surface area contributed by atoms with Crippen LogP contribution in [0.25, 0.3) is 0 Å². The summed E-state index contributed by atoms with van der Waals surface area (Å²) in [5.41, 5.74) is 5.61. The summed E-state index contributed by atoms with van der Waals surface area (Å²) < 4.78 is 43.1. The fourth-order valence-corrected chi connectivity index (χ4v) is 3.07. The summed E-state index contributed by atoms with van der Waals surface area (Å²) in [5.74, 6) is 0.349. The van der Waals surface area contributed by atoms with E-state index in [1.54, 1.807) is 29.2 Å². The fraction of sp³-hybridized carbons (Fsp3) is 0.368. The number of likely N-dealkylation sites (tertiary alicyclic amines) is 1. The van der Waals surface area contributed by atoms with Crippen molar-refractivity contribution in [2.75, 3.05) is 6.54 Å². The minimum atomic E-state index is -4.44. The number of piperidine rings is 1. The predicted molar refractivity (Wildman–Crippen MR) is 93.5 cm³/mol. The highest BCUT2D eigenvalue weighted by Gasteiger charge is 2.31. The molecule has 0 aliphatic carbocycles. The molecular formula is C19H20F3N3O2. The predicted octanol–water partition coefficient (Wildman–Crippen LogP) is 3.84. The Kier molecular flexibility index (Phi) is 5.36. The van der Waals surface area contributed by atoms with Crippen LogP contribution >= 0.6 is 0 Å². The Labute approximate surface area is 154 Å². The van der Waals surface area contributed by atoms with Gasteiger partial charge in [-0.05, 0) is 50.1 Å². The van der Waals surface area contributed by atoms with E-state index in [2.05, 4.69) is 4.98 Å². The molecule has 2 aromatic rings. The summed E-state index contributed by atoms with van der Waals surface area (Å²) in [7, 11) is 0. The molecular weight excluding hydrogens is 359 g/mol. The van der Waals surface area contributed by atoms with Crippen LogP contribution < -0.4 is 10.5 Å². The van der Waals surface area contributed by atoms with Gasteiger partial charge >= 0.3 is 6.18 Å². The minimum absolute atomic E-state index is 0.0423. The quantitative estimate of drug-likeness (QED) is 0.880. The minimum Gasteiger partial charge on any atom is -0.439 e. The number of hydrogen-bond donors (Lipinski definition) is 1. The van der Waals surface area contributed by atoms with Gasteiger partial charge in [-0.15, -0.1) is 0 Å². The molecule has 8 heteroatoms. The van der Waals surface area contributed by atoms with E-state index in [1.807, 2.05) is 6.92 Å². The molecule has 5 nitrogen and oxygen atoms in total. The Hall–Kier alpha value is -2.61. The zero-order valence-electron chi connectivity index (χ0n) is 14.7. The van der Waals surface area contributed by atoms with Crippen LogP contribution in [-0.2, 0) is 6.18 Å². The first-order valence-electron chi connectivity index (χ1n) is 8.62. The van der Waals surface area contributed by atoms with E-state index in [4.69, 9.17) is 10.5 Å². The monoisotopic (exact) mass is 379 g/mol. The third kappa shape index (κ3) is 4.57. The van der Waals surface area contributed by atoms with Crippen LogP contribution in [0.5, 0.6) is 11.6 Å². The maximum atomic E-state index is 12.6. The first-order chi connectivity index (χ1) is 12.7. The van der Waals surface area contributed by atoms with Gasteiger partial charge in [-0.2, -0.15) is 13.2 Å². The van der Waals surface area contributed by atoms with Crippen LogP contribution in [0.2, 0.25) is 0 Å². The third-order valence-corrected chi connectivity index (χ3v) is 4.56. The van der Waals surface area contributed by atoms with Crippen molar-refractivity contribution < 1.29 is 22.7 Å². The molecule has 0 saturated carbocycles. The van der Waals surface area contributed by atoms with E-state index in [0.717, 1.165) is 31.2 Å². The Morgan fingerprint density at radius 3 is 2.48 bits per heavy atom. The Bertz CT molecular complexity index is 791. The van der Waals surface area contributed by atoms with E-state index >= 15 is 0 Å². The molecule has 0 bridgehead atoms. The van der Waals surface area contributed by atoms with Crippen molar-refractivity contribution in [2.24, 2.45) is 5.73 Å². The molecule has 2 atom stereocenters. The van der Waals surface area contributed by atoms with Crippen molar-refractivity contribution in [1.82, 2.24) is 9.88 Å². The van der Waals surface area contributed by atoms with Crippen molar-refractivity contribution >= 4 is 5.91 Å². The van der Waals surface area contributed by atoms with Crippen molar-refractivity contribution in [3.63, 3.8) is 0 Å². The summed E-state index contributed by atoms with van der Waals surface area (Å²) in [6, 6.07) is 8.69. The van der Waals surface area contributed by atoms with E-state index in [0.29, 0.717) is 17.9 Å². The molecule has 1 aromatic heterocycles. The van der Waals surface area contributed by atoms with Gasteiger partial charge in [0, 0.05) is 36.5 Å². The highest BCUT2D eigenvalue weighted by Crippen LogP contribution is 2.30. The number of ether oxygens (including phenoxy) is 1. The van der Waals surface area contributed by atoms with Gasteiger partial charge in [0.05, 0.1) is 5.56 Å². The molecule has 1 amide bonds. The number of carbonyl (C=O) groups is 1. The Balaban J connectivity index is 1.66. The maximum Gasteiger partial charge on any atom is 0.417 e. The van der Waals surface area contributed by atoms with Crippen LogP contribution in [0.15, 0.2) is 42.6 Å². The van der Waals surface area contributed by atoms with Gasteiger partial charge in [-0.25, -0.2) is 4.98 Å². The van der Waals surface area contributed by atoms with E-state index in [9.17, 15) is 18.0 Å². The fourth-order valence-electron chi connectivity index (χ4n) is 3.07. The summed E-state index contributed by atoms with van der Waals surface area (Å²) in [5, 5.41) is 0. The number of amides is 1. The largest absolute Gasteiger partial charge is 0.439 e. The average Bonchev–Trinajstić information content (AvgIpc) is 2.61. The third-order valence-electron chi connectivity index (χ3n) is 4.56. The van der Waals surface area contributed by atoms with Gasteiger partial charge in [0.25, 0.3) is 5.91 Å². The topological polar surface area (TPSA) is 68.5 Å². The van der Waals surface area contributed by atoms with Crippen LogP contribution in [-0.4, -0.2) is 34.4 Å². The number of pyridine rings is 1. The molecule has 1 aromatic carbocycles. The number of hydrogen-bond acceptors (Lipinski definition) is 4. The number of nitrogens with zero attached hydrogens (tertiary/aromatic N) is 2. The maximum absolute atomic E-state index is 12.6. The zero-order chi connectivity index (χ0) is 19.6. The lowest BCUT2D eigenvalue weighted by Gasteiger charge is -2.36.